The first kappa shape index (κ1) is 22.5. The lowest BCUT2D eigenvalue weighted by Gasteiger charge is -2.34. The van der Waals surface area contributed by atoms with Crippen molar-refractivity contribution in [1.82, 2.24) is 14.5 Å². The van der Waals surface area contributed by atoms with Crippen molar-refractivity contribution in [2.45, 2.75) is 37.7 Å². The molecule has 29 heavy (non-hydrogen) atoms. The average Bonchev–Trinajstić information content (AvgIpc) is 3.22. The highest BCUT2D eigenvalue weighted by Crippen LogP contribution is 2.25. The highest BCUT2D eigenvalue weighted by atomic mass is 35.5. The summed E-state index contributed by atoms with van der Waals surface area (Å²) in [6.45, 7) is 9.02. The van der Waals surface area contributed by atoms with E-state index in [1.54, 1.807) is 0 Å². The Hall–Kier alpha value is -1.19. The fourth-order valence-electron chi connectivity index (χ4n) is 3.80. The maximum Gasteiger partial charge on any atom is 0.252 e. The zero-order chi connectivity index (χ0) is 21.0. The molecule has 2 heterocycles. The van der Waals surface area contributed by atoms with Crippen LogP contribution in [-0.2, 0) is 14.8 Å². The fraction of sp³-hybridized carbons (Fsp3) is 0.650. The summed E-state index contributed by atoms with van der Waals surface area (Å²) in [6.07, 6.45) is 1.62. The van der Waals surface area contributed by atoms with Crippen LogP contribution < -0.4 is 5.32 Å². The molecule has 0 aromatic heterocycles. The number of carbonyl (C=O) groups excluding carboxylic acids is 1. The Labute approximate surface area is 178 Å². The van der Waals surface area contributed by atoms with E-state index in [0.717, 1.165) is 32.5 Å². The van der Waals surface area contributed by atoms with Gasteiger partial charge in [0, 0.05) is 39.3 Å². The number of nitrogens with one attached hydrogen (secondary N) is 1. The minimum absolute atomic E-state index is 0.0956. The summed E-state index contributed by atoms with van der Waals surface area (Å²) < 4.78 is 32.8. The third kappa shape index (κ3) is 5.70. The zero-order valence-electron chi connectivity index (χ0n) is 17.1. The molecule has 0 spiro atoms. The molecule has 1 unspecified atom stereocenters. The molecule has 1 aromatic rings. The molecule has 0 saturated carbocycles. The number of amides is 1. The molecule has 2 aliphatic heterocycles. The SMILES string of the molecule is CC(C)CN1CCOC(CNC(=O)c2cc(S(=O)(=O)N3CCCC3)ccc2Cl)C1. The molecule has 0 radical (unpaired) electrons. The molecule has 1 amide bonds. The van der Waals surface area contributed by atoms with Gasteiger partial charge in [-0.1, -0.05) is 25.4 Å². The smallest absolute Gasteiger partial charge is 0.252 e. The topological polar surface area (TPSA) is 79.0 Å². The van der Waals surface area contributed by atoms with Crippen LogP contribution in [0.3, 0.4) is 0 Å². The van der Waals surface area contributed by atoms with Gasteiger partial charge in [-0.2, -0.15) is 4.31 Å². The van der Waals surface area contributed by atoms with E-state index in [1.165, 1.54) is 22.5 Å². The molecule has 1 atom stereocenters. The molecule has 1 N–H and O–H groups in total. The second-order valence-corrected chi connectivity index (χ2v) is 10.5. The lowest BCUT2D eigenvalue weighted by Crippen LogP contribution is -2.48. The predicted molar refractivity (Wildman–Crippen MR) is 113 cm³/mol. The maximum atomic E-state index is 12.8. The Morgan fingerprint density at radius 2 is 2.00 bits per heavy atom. The van der Waals surface area contributed by atoms with Crippen LogP contribution in [0.15, 0.2) is 23.1 Å². The molecule has 9 heteroatoms. The Bertz CT molecular complexity index is 825. The lowest BCUT2D eigenvalue weighted by molar-refractivity contribution is -0.0295. The normalized spacial score (nSPS) is 21.6. The van der Waals surface area contributed by atoms with E-state index in [4.69, 9.17) is 16.3 Å². The monoisotopic (exact) mass is 443 g/mol. The number of hydrogen-bond acceptors (Lipinski definition) is 5. The van der Waals surface area contributed by atoms with Gasteiger partial charge in [-0.3, -0.25) is 9.69 Å². The Morgan fingerprint density at radius 3 is 2.69 bits per heavy atom. The molecule has 0 bridgehead atoms. The molecular weight excluding hydrogens is 414 g/mol. The number of carbonyl (C=O) groups is 1. The zero-order valence-corrected chi connectivity index (χ0v) is 18.6. The van der Waals surface area contributed by atoms with Gasteiger partial charge in [-0.25, -0.2) is 8.42 Å². The highest BCUT2D eigenvalue weighted by molar-refractivity contribution is 7.89. The van der Waals surface area contributed by atoms with Gasteiger partial charge in [0.25, 0.3) is 5.91 Å². The molecule has 3 rings (SSSR count). The van der Waals surface area contributed by atoms with Gasteiger partial charge in [0.1, 0.15) is 0 Å². The van der Waals surface area contributed by atoms with E-state index < -0.39 is 15.9 Å². The van der Waals surface area contributed by atoms with Crippen LogP contribution in [0.4, 0.5) is 0 Å². The summed E-state index contributed by atoms with van der Waals surface area (Å²) in [7, 11) is -3.60. The maximum absolute atomic E-state index is 12.8. The first-order chi connectivity index (χ1) is 13.8. The van der Waals surface area contributed by atoms with Crippen molar-refractivity contribution in [2.24, 2.45) is 5.92 Å². The van der Waals surface area contributed by atoms with E-state index in [0.29, 0.717) is 32.2 Å². The summed E-state index contributed by atoms with van der Waals surface area (Å²) in [5.74, 6) is 0.181. The average molecular weight is 444 g/mol. The number of sulfonamides is 1. The molecule has 2 saturated heterocycles. The summed E-state index contributed by atoms with van der Waals surface area (Å²) in [6, 6.07) is 4.31. The summed E-state index contributed by atoms with van der Waals surface area (Å²) in [5, 5.41) is 3.08. The van der Waals surface area contributed by atoms with Crippen molar-refractivity contribution in [1.29, 1.82) is 0 Å². The molecule has 2 aliphatic rings. The molecule has 7 nitrogen and oxygen atoms in total. The van der Waals surface area contributed by atoms with Crippen molar-refractivity contribution < 1.29 is 17.9 Å². The largest absolute Gasteiger partial charge is 0.374 e. The van der Waals surface area contributed by atoms with Crippen LogP contribution in [-0.4, -0.2) is 75.5 Å². The van der Waals surface area contributed by atoms with Crippen LogP contribution in [0.1, 0.15) is 37.0 Å². The van der Waals surface area contributed by atoms with Crippen LogP contribution in [0.2, 0.25) is 5.02 Å². The van der Waals surface area contributed by atoms with E-state index in [-0.39, 0.29) is 21.6 Å². The number of ether oxygens (including phenoxy) is 1. The first-order valence-electron chi connectivity index (χ1n) is 10.2. The second kappa shape index (κ2) is 9.75. The van der Waals surface area contributed by atoms with Gasteiger partial charge < -0.3 is 10.1 Å². The molecule has 0 aliphatic carbocycles. The Balaban J connectivity index is 1.65. The lowest BCUT2D eigenvalue weighted by atomic mass is 10.1. The van der Waals surface area contributed by atoms with Crippen LogP contribution >= 0.6 is 11.6 Å². The van der Waals surface area contributed by atoms with E-state index in [9.17, 15) is 13.2 Å². The Morgan fingerprint density at radius 1 is 1.28 bits per heavy atom. The number of hydrogen-bond donors (Lipinski definition) is 1. The van der Waals surface area contributed by atoms with Gasteiger partial charge in [0.2, 0.25) is 10.0 Å². The highest BCUT2D eigenvalue weighted by Gasteiger charge is 2.28. The van der Waals surface area contributed by atoms with Gasteiger partial charge in [0.05, 0.1) is 28.2 Å². The number of nitrogens with zero attached hydrogens (tertiary/aromatic N) is 2. The minimum atomic E-state index is -3.60. The Kier molecular flexibility index (Phi) is 7.56. The third-order valence-corrected chi connectivity index (χ3v) is 7.45. The number of benzene rings is 1. The third-order valence-electron chi connectivity index (χ3n) is 5.22. The van der Waals surface area contributed by atoms with Crippen molar-refractivity contribution in [2.75, 3.05) is 45.9 Å². The number of morpholine rings is 1. The summed E-state index contributed by atoms with van der Waals surface area (Å²) in [4.78, 5) is 15.1. The number of rotatable bonds is 7. The van der Waals surface area contributed by atoms with Gasteiger partial charge in [-0.15, -0.1) is 0 Å². The van der Waals surface area contributed by atoms with Gasteiger partial charge >= 0.3 is 0 Å². The van der Waals surface area contributed by atoms with Crippen molar-refractivity contribution in [3.63, 3.8) is 0 Å². The van der Waals surface area contributed by atoms with Gasteiger partial charge in [-0.05, 0) is 37.0 Å². The van der Waals surface area contributed by atoms with Crippen molar-refractivity contribution in [3.8, 4) is 0 Å². The predicted octanol–water partition coefficient (Wildman–Crippen LogP) is 2.21. The van der Waals surface area contributed by atoms with Crippen LogP contribution in [0.5, 0.6) is 0 Å². The molecular formula is C20H30ClN3O4S. The first-order valence-corrected chi connectivity index (χ1v) is 12.0. The second-order valence-electron chi connectivity index (χ2n) is 8.11. The van der Waals surface area contributed by atoms with E-state index in [1.807, 2.05) is 0 Å². The molecule has 162 valence electrons. The number of halogens is 1. The summed E-state index contributed by atoms with van der Waals surface area (Å²) >= 11 is 6.19. The van der Waals surface area contributed by atoms with E-state index in [2.05, 4.69) is 24.1 Å². The van der Waals surface area contributed by atoms with Crippen LogP contribution in [0, 0.1) is 5.92 Å². The molecule has 1 aromatic carbocycles. The summed E-state index contributed by atoms with van der Waals surface area (Å²) in [5.41, 5.74) is 0.168. The van der Waals surface area contributed by atoms with Gasteiger partial charge in [0.15, 0.2) is 0 Å². The van der Waals surface area contributed by atoms with Crippen LogP contribution in [0.25, 0.3) is 0 Å². The fourth-order valence-corrected chi connectivity index (χ4v) is 5.55. The van der Waals surface area contributed by atoms with Crippen molar-refractivity contribution in [3.05, 3.63) is 28.8 Å². The van der Waals surface area contributed by atoms with E-state index >= 15 is 0 Å². The van der Waals surface area contributed by atoms with Crippen molar-refractivity contribution >= 4 is 27.5 Å². The quantitative estimate of drug-likeness (QED) is 0.699. The molecule has 2 fully saturated rings. The standard InChI is InChI=1S/C20H30ClN3O4S/c1-15(2)13-23-9-10-28-16(14-23)12-22-20(25)18-11-17(5-6-19(18)21)29(26,27)24-7-3-4-8-24/h5-6,11,15-16H,3-4,7-10,12-14H2,1-2H3,(H,22,25). The minimum Gasteiger partial charge on any atom is -0.374 e.